The van der Waals surface area contributed by atoms with E-state index in [0.29, 0.717) is 44.6 Å². The van der Waals surface area contributed by atoms with Crippen LogP contribution in [0, 0.1) is 0 Å². The topological polar surface area (TPSA) is 619 Å². The van der Waals surface area contributed by atoms with E-state index in [1.165, 1.54) is 49.5 Å². The van der Waals surface area contributed by atoms with Gasteiger partial charge in [-0.1, -0.05) is 105 Å². The number of rotatable bonds is 29. The molecule has 0 aliphatic carbocycles. The number of hydrogen-bond donors (Lipinski definition) is 24. The number of ether oxygens (including phenoxy) is 7. The number of aliphatic hydroxyl groups is 7. The maximum atomic E-state index is 16.9. The molecular formula is C91H108Cl2N12O28. The zero-order chi connectivity index (χ0) is 95.2. The second kappa shape index (κ2) is 44.7. The van der Waals surface area contributed by atoms with Crippen LogP contribution in [0.25, 0.3) is 11.1 Å². The van der Waals surface area contributed by atoms with Crippen LogP contribution >= 0.6 is 23.2 Å². The molecule has 8 heterocycles. The van der Waals surface area contributed by atoms with Gasteiger partial charge in [0.05, 0.1) is 16.7 Å². The Hall–Kier alpha value is -12.0. The maximum Gasteiger partial charge on any atom is 0.335 e. The minimum absolute atomic E-state index is 0.118. The van der Waals surface area contributed by atoms with Crippen LogP contribution in [0.5, 0.6) is 69.0 Å². The number of phenolic OH excluding ortho intramolecular Hbond substituents is 4. The van der Waals surface area contributed by atoms with Gasteiger partial charge in [0.2, 0.25) is 65.6 Å². The number of aliphatic hydroxyl groups excluding tert-OH is 7. The lowest BCUT2D eigenvalue weighted by Gasteiger charge is -2.41. The summed E-state index contributed by atoms with van der Waals surface area (Å²) in [5, 5.41) is 168. The molecule has 133 heavy (non-hydrogen) atoms. The van der Waals surface area contributed by atoms with Gasteiger partial charge in [-0.25, -0.2) is 4.79 Å². The molecule has 0 spiro atoms. The summed E-state index contributed by atoms with van der Waals surface area (Å²) in [5.74, 6) is -18.1. The van der Waals surface area contributed by atoms with Gasteiger partial charge in [0, 0.05) is 48.2 Å². The van der Waals surface area contributed by atoms with Crippen molar-refractivity contribution in [3.63, 3.8) is 0 Å². The van der Waals surface area contributed by atoms with E-state index in [-0.39, 0.29) is 47.8 Å². The monoisotopic (exact) mass is 1890 g/mol. The van der Waals surface area contributed by atoms with Gasteiger partial charge >= 0.3 is 5.97 Å². The predicted molar refractivity (Wildman–Crippen MR) is 473 cm³/mol. The zero-order valence-corrected chi connectivity index (χ0v) is 73.7. The Morgan fingerprint density at radius 2 is 1.16 bits per heavy atom. The predicted octanol–water partition coefficient (Wildman–Crippen LogP) is 3.28. The number of amides is 8. The molecule has 8 aliphatic heterocycles. The summed E-state index contributed by atoms with van der Waals surface area (Å²) in [5.41, 5.74) is 2.93. The molecule has 2 fully saturated rings. The molecule has 15 rings (SSSR count). The molecule has 0 aromatic heterocycles. The van der Waals surface area contributed by atoms with Crippen molar-refractivity contribution in [2.75, 3.05) is 52.9 Å². The second-order valence-electron chi connectivity index (χ2n) is 33.1. The summed E-state index contributed by atoms with van der Waals surface area (Å²) in [4.78, 5) is 139. The average molecular weight is 1890 g/mol. The van der Waals surface area contributed by atoms with Gasteiger partial charge in [-0.15, -0.1) is 0 Å². The highest BCUT2D eigenvalue weighted by Crippen LogP contribution is 2.51. The summed E-state index contributed by atoms with van der Waals surface area (Å²) >= 11 is 14.4. The SMILES string of the molecule is CCCCCCCCCCC(=O)N[C@H]1[C@H](Oc2c3cc4cc2Oc2ccc(cc2Cl)[C@@H](O)[C@@H]2NC(=O)[C@H](NC(=O)[C@@H]4NC(=O)[C@H]4NC(=O)[C@@H](Cc5ccc(cc5)O3)NC(=O)[C@@H](NC)c3ccc(O)c(c3)Oc3cc(O)c(Cl)c4c3)c3ccc(O)c(c3)-c3c(O[C@H]4O[C@H](CO)[C@@H](O)[C@H](O)[C@@H]4O)cc(O)cc3[C@@H](C(=O)NCCCNCCCNCCCN)NC2=O)O[C@H](C(=O)O)[C@@H](O)[C@@H]1O. The van der Waals surface area contributed by atoms with Crippen LogP contribution in [-0.2, 0) is 59.0 Å². The fourth-order valence-corrected chi connectivity index (χ4v) is 16.9. The fraction of sp³-hybridized carbons (Fsp3) is 0.440. The molecule has 18 atom stereocenters. The number of carboxylic acids is 1. The molecule has 42 heteroatoms. The van der Waals surface area contributed by atoms with Crippen LogP contribution in [0.4, 0.5) is 0 Å². The van der Waals surface area contributed by atoms with Crippen LogP contribution < -0.4 is 87.9 Å². The number of nitrogens with two attached hydrogens (primary N) is 1. The lowest BCUT2D eigenvalue weighted by molar-refractivity contribution is -0.277. The third kappa shape index (κ3) is 23.3. The Balaban J connectivity index is 1.02. The van der Waals surface area contributed by atoms with E-state index >= 15 is 28.8 Å². The molecule has 2 saturated heterocycles. The largest absolute Gasteiger partial charge is 0.508 e. The number of unbranched alkanes of at least 4 members (excludes halogenated alkanes) is 7. The van der Waals surface area contributed by atoms with Crippen molar-refractivity contribution in [2.24, 2.45) is 5.73 Å². The van der Waals surface area contributed by atoms with E-state index in [1.807, 2.05) is 0 Å². The summed E-state index contributed by atoms with van der Waals surface area (Å²) < 4.78 is 44.6. The molecule has 17 bridgehead atoms. The first-order valence-corrected chi connectivity index (χ1v) is 44.5. The number of phenols is 4. The first-order valence-electron chi connectivity index (χ1n) is 43.8. The number of hydrogen-bond acceptors (Lipinski definition) is 31. The first kappa shape index (κ1) is 98.5. The highest BCUT2D eigenvalue weighted by atomic mass is 35.5. The van der Waals surface area contributed by atoms with Crippen LogP contribution in [0.3, 0.4) is 0 Å². The second-order valence-corrected chi connectivity index (χ2v) is 33.8. The number of aliphatic carboxylic acids is 1. The Bertz CT molecular complexity index is 5410. The van der Waals surface area contributed by atoms with E-state index < -0.39 is 271 Å². The van der Waals surface area contributed by atoms with Crippen LogP contribution in [0.1, 0.15) is 159 Å². The van der Waals surface area contributed by atoms with Crippen LogP contribution in [0.2, 0.25) is 10.0 Å². The molecule has 8 amide bonds. The lowest BCUT2D eigenvalue weighted by Crippen LogP contribution is -2.66. The minimum atomic E-state index is -2.46. The van der Waals surface area contributed by atoms with E-state index in [4.69, 9.17) is 62.1 Å². The summed E-state index contributed by atoms with van der Waals surface area (Å²) in [7, 11) is 1.43. The Kier molecular flexibility index (Phi) is 33.1. The molecule has 8 aliphatic rings. The van der Waals surface area contributed by atoms with Gasteiger partial charge in [-0.05, 0) is 172 Å². The van der Waals surface area contributed by atoms with Crippen molar-refractivity contribution < 1.29 is 138 Å². The molecule has 7 aromatic carbocycles. The Morgan fingerprint density at radius 1 is 0.526 bits per heavy atom. The molecule has 0 unspecified atom stereocenters. The summed E-state index contributed by atoms with van der Waals surface area (Å²) in [6.07, 6.45) is -13.3. The Morgan fingerprint density at radius 3 is 1.85 bits per heavy atom. The number of carboxylic acid groups (broad SMARTS) is 1. The van der Waals surface area contributed by atoms with Gasteiger partial charge in [-0.2, -0.15) is 0 Å². The van der Waals surface area contributed by atoms with Crippen LogP contribution in [0.15, 0.2) is 115 Å². The average Bonchev–Trinajstić information content (AvgIpc) is 0.716. The summed E-state index contributed by atoms with van der Waals surface area (Å²) in [6, 6.07) is 5.63. The molecule has 0 saturated carbocycles. The number of nitrogens with one attached hydrogen (secondary N) is 11. The van der Waals surface area contributed by atoms with Gasteiger partial charge < -0.3 is 159 Å². The molecule has 25 N–H and O–H groups in total. The normalized spacial score (nSPS) is 25.2. The third-order valence-electron chi connectivity index (χ3n) is 23.6. The lowest BCUT2D eigenvalue weighted by atomic mass is 9.89. The van der Waals surface area contributed by atoms with Crippen molar-refractivity contribution in [1.82, 2.24) is 58.5 Å². The van der Waals surface area contributed by atoms with E-state index in [2.05, 4.69) is 65.4 Å². The highest BCUT2D eigenvalue weighted by molar-refractivity contribution is 6.33. The zero-order valence-electron chi connectivity index (χ0n) is 72.2. The summed E-state index contributed by atoms with van der Waals surface area (Å²) in [6.45, 7) is 3.80. The molecule has 0 radical (unpaired) electrons. The van der Waals surface area contributed by atoms with Gasteiger partial charge in [0.1, 0.15) is 131 Å². The number of aromatic hydroxyl groups is 4. The van der Waals surface area contributed by atoms with Crippen molar-refractivity contribution in [2.45, 2.75) is 200 Å². The number of carbonyl (C=O) groups is 9. The van der Waals surface area contributed by atoms with Gasteiger partial charge in [-0.3, -0.25) is 38.4 Å². The first-order chi connectivity index (χ1) is 63.8. The van der Waals surface area contributed by atoms with Crippen molar-refractivity contribution in [1.29, 1.82) is 0 Å². The quantitative estimate of drug-likeness (QED) is 0.0299. The van der Waals surface area contributed by atoms with E-state index in [0.717, 1.165) is 131 Å². The Labute approximate surface area is 771 Å². The minimum Gasteiger partial charge on any atom is -0.508 e. The van der Waals surface area contributed by atoms with Crippen molar-refractivity contribution >= 4 is 76.4 Å². The van der Waals surface area contributed by atoms with E-state index in [9.17, 15) is 75.7 Å². The highest BCUT2D eigenvalue weighted by Gasteiger charge is 2.52. The molecular weight excluding hydrogens is 1780 g/mol. The fourth-order valence-electron chi connectivity index (χ4n) is 16.4. The van der Waals surface area contributed by atoms with E-state index in [1.54, 1.807) is 0 Å². The van der Waals surface area contributed by atoms with Gasteiger partial charge in [0.25, 0.3) is 0 Å². The number of likely N-dealkylation sites (N-methyl/N-ethyl adjacent to an activating group) is 1. The van der Waals surface area contributed by atoms with Gasteiger partial charge in [0.15, 0.2) is 29.1 Å². The molecule has 7 aromatic rings. The van der Waals surface area contributed by atoms with Crippen molar-refractivity contribution in [3.8, 4) is 80.1 Å². The standard InChI is InChI=1S/C91H108Cl2N12O28/c1-3-4-5-6-7-8-9-10-14-64(111)100-73-76(114)78(116)81(89(125)126)133-90(73)132-80-61-35-46-36-62(80)129-58-24-19-45(33-53(58)92)74(112)72-88(124)104-70(83(119)98-30-13-29-97-28-12-27-96-26-11-25-94)51-37-47(107)38-60(130-91-79(117)77(115)75(113)63(41-106)131-91)65(51)50-32-43(17-22-55(50)108)68(85(121)105-72)101-86(122)69(46)102-87(123)71-52-39-49(40-57(110)66(52)93)128-59-34-44(18-23-56(59)109)67(95-2)84(120)99-54(82(118)103-71)31-42-15-20-48(127-61)21-16-42/h15-24,32-40,54,63,67-79,81,90-91,95-97,106-110,112-117H,3-14,25-31,41,94H2,1-2H3,(H,98,119)(H,99,120)(H,100,111)(H,101,122)(H,102,123)(H,103,118)(H,104,124)(H,105,121)(H,125,126)/t54-,63-,67+,68-,69-,70+,71+,72+,73-,74-,75-,76-,77+,78+,79+,81+,90-,91+/m1/s1. The van der Waals surface area contributed by atoms with Crippen molar-refractivity contribution in [3.05, 3.63) is 164 Å². The number of benzene rings is 7. The number of fused-ring (bicyclic) bond motifs is 14. The number of halogens is 2. The third-order valence-corrected chi connectivity index (χ3v) is 24.3. The molecule has 714 valence electrons. The van der Waals surface area contributed by atoms with Crippen LogP contribution in [-0.4, -0.2) is 241 Å². The smallest absolute Gasteiger partial charge is 0.335 e. The number of carbonyl (C=O) groups excluding carboxylic acids is 8. The maximum absolute atomic E-state index is 16.9. The molecule has 40 nitrogen and oxygen atoms in total.